The first-order valence-electron chi connectivity index (χ1n) is 6.60. The molecule has 1 saturated heterocycles. The molecular weight excluding hydrogens is 258 g/mol. The van der Waals surface area contributed by atoms with E-state index < -0.39 is 23.7 Å². The zero-order valence-corrected chi connectivity index (χ0v) is 11.9. The molecule has 0 bridgehead atoms. The number of esters is 1. The minimum Gasteiger partial charge on any atom is -0.456 e. The predicted molar refractivity (Wildman–Crippen MR) is 73.0 cm³/mol. The van der Waals surface area contributed by atoms with Gasteiger partial charge in [0.2, 0.25) is 0 Å². The molecular formula is C15H19NO4. The van der Waals surface area contributed by atoms with Crippen molar-refractivity contribution in [2.24, 2.45) is 0 Å². The molecule has 2 atom stereocenters. The summed E-state index contributed by atoms with van der Waals surface area (Å²) >= 11 is 0. The fourth-order valence-electron chi connectivity index (χ4n) is 2.02. The summed E-state index contributed by atoms with van der Waals surface area (Å²) in [5, 5.41) is 2.55. The van der Waals surface area contributed by atoms with E-state index in [-0.39, 0.29) is 6.10 Å². The summed E-state index contributed by atoms with van der Waals surface area (Å²) in [7, 11) is 0. The molecule has 1 heterocycles. The van der Waals surface area contributed by atoms with Gasteiger partial charge in [0, 0.05) is 6.42 Å². The molecule has 5 heteroatoms. The summed E-state index contributed by atoms with van der Waals surface area (Å²) in [4.78, 5) is 23.4. The number of benzene rings is 1. The Kier molecular flexibility index (Phi) is 3.97. The number of hydrogen-bond donors (Lipinski definition) is 1. The van der Waals surface area contributed by atoms with Crippen molar-refractivity contribution in [2.45, 2.75) is 44.9 Å². The Morgan fingerprint density at radius 2 is 1.95 bits per heavy atom. The van der Waals surface area contributed by atoms with E-state index in [4.69, 9.17) is 9.47 Å². The van der Waals surface area contributed by atoms with E-state index in [9.17, 15) is 9.59 Å². The van der Waals surface area contributed by atoms with Crippen molar-refractivity contribution in [2.75, 3.05) is 0 Å². The molecule has 2 rings (SSSR count). The van der Waals surface area contributed by atoms with Crippen molar-refractivity contribution in [3.8, 4) is 0 Å². The lowest BCUT2D eigenvalue weighted by molar-refractivity contribution is -0.143. The van der Waals surface area contributed by atoms with Crippen LogP contribution in [0.5, 0.6) is 0 Å². The quantitative estimate of drug-likeness (QED) is 0.844. The van der Waals surface area contributed by atoms with Crippen molar-refractivity contribution >= 4 is 12.1 Å². The van der Waals surface area contributed by atoms with Crippen LogP contribution >= 0.6 is 0 Å². The topological polar surface area (TPSA) is 64.6 Å². The number of rotatable bonds is 2. The van der Waals surface area contributed by atoms with E-state index >= 15 is 0 Å². The van der Waals surface area contributed by atoms with Gasteiger partial charge in [0.15, 0.2) is 0 Å². The summed E-state index contributed by atoms with van der Waals surface area (Å²) in [5.74, 6) is -0.426. The zero-order valence-electron chi connectivity index (χ0n) is 11.9. The monoisotopic (exact) mass is 277 g/mol. The third-order valence-corrected chi connectivity index (χ3v) is 2.86. The molecule has 1 aromatic carbocycles. The minimum absolute atomic E-state index is 0.316. The van der Waals surface area contributed by atoms with Crippen LogP contribution in [0.2, 0.25) is 0 Å². The Labute approximate surface area is 118 Å². The molecule has 0 unspecified atom stereocenters. The zero-order chi connectivity index (χ0) is 14.8. The lowest BCUT2D eigenvalue weighted by Crippen LogP contribution is -2.41. The standard InChI is InChI=1S/C15H19NO4/c1-15(2,3)20-14(18)16-11-9-12(19-13(11)17)10-7-5-4-6-8-10/h4-8,11-12H,9H2,1-3H3,(H,16,18)/t11-,12+/m0/s1. The highest BCUT2D eigenvalue weighted by Crippen LogP contribution is 2.29. The van der Waals surface area contributed by atoms with Crippen LogP contribution in [0.4, 0.5) is 4.79 Å². The lowest BCUT2D eigenvalue weighted by Gasteiger charge is -2.20. The van der Waals surface area contributed by atoms with Gasteiger partial charge in [0.1, 0.15) is 17.7 Å². The Hall–Kier alpha value is -2.04. The van der Waals surface area contributed by atoms with E-state index in [1.807, 2.05) is 30.3 Å². The van der Waals surface area contributed by atoms with Gasteiger partial charge in [-0.25, -0.2) is 9.59 Å². The van der Waals surface area contributed by atoms with Crippen molar-refractivity contribution in [3.63, 3.8) is 0 Å². The van der Waals surface area contributed by atoms with Crippen LogP contribution in [0.1, 0.15) is 38.9 Å². The number of hydrogen-bond acceptors (Lipinski definition) is 4. The first-order valence-corrected chi connectivity index (χ1v) is 6.60. The van der Waals surface area contributed by atoms with E-state index in [0.717, 1.165) is 5.56 Å². The summed E-state index contributed by atoms with van der Waals surface area (Å²) in [5.41, 5.74) is 0.333. The van der Waals surface area contributed by atoms with Gasteiger partial charge >= 0.3 is 12.1 Å². The maximum absolute atomic E-state index is 11.8. The molecule has 1 amide bonds. The van der Waals surface area contributed by atoms with Gasteiger partial charge in [0.25, 0.3) is 0 Å². The third-order valence-electron chi connectivity index (χ3n) is 2.86. The smallest absolute Gasteiger partial charge is 0.408 e. The van der Waals surface area contributed by atoms with Crippen molar-refractivity contribution in [1.82, 2.24) is 5.32 Å². The summed E-state index contributed by atoms with van der Waals surface area (Å²) in [6.07, 6.45) is -0.501. The van der Waals surface area contributed by atoms with Crippen LogP contribution < -0.4 is 5.32 Å². The van der Waals surface area contributed by atoms with Gasteiger partial charge < -0.3 is 14.8 Å². The second-order valence-electron chi connectivity index (χ2n) is 5.77. The first-order chi connectivity index (χ1) is 9.35. The van der Waals surface area contributed by atoms with Crippen LogP contribution in [0.15, 0.2) is 30.3 Å². The molecule has 1 aliphatic rings. The van der Waals surface area contributed by atoms with Crippen LogP contribution in [-0.2, 0) is 14.3 Å². The van der Waals surface area contributed by atoms with Crippen LogP contribution in [0.3, 0.4) is 0 Å². The molecule has 1 aliphatic heterocycles. The average molecular weight is 277 g/mol. The molecule has 1 N–H and O–H groups in total. The van der Waals surface area contributed by atoms with Gasteiger partial charge in [-0.05, 0) is 26.3 Å². The SMILES string of the molecule is CC(C)(C)OC(=O)N[C@H]1C[C@H](c2ccccc2)OC1=O. The maximum atomic E-state index is 11.8. The summed E-state index contributed by atoms with van der Waals surface area (Å²) in [6, 6.07) is 8.81. The molecule has 0 saturated carbocycles. The van der Waals surface area contributed by atoms with Crippen molar-refractivity contribution in [3.05, 3.63) is 35.9 Å². The molecule has 108 valence electrons. The number of alkyl carbamates (subject to hydrolysis) is 1. The Balaban J connectivity index is 1.95. The normalized spacial score (nSPS) is 22.2. The number of ether oxygens (including phenoxy) is 2. The van der Waals surface area contributed by atoms with Crippen LogP contribution in [0.25, 0.3) is 0 Å². The van der Waals surface area contributed by atoms with E-state index in [0.29, 0.717) is 6.42 Å². The number of carbonyl (C=O) groups is 2. The average Bonchev–Trinajstić information content (AvgIpc) is 2.70. The number of cyclic esters (lactones) is 1. The van der Waals surface area contributed by atoms with Crippen LogP contribution in [-0.4, -0.2) is 23.7 Å². The van der Waals surface area contributed by atoms with Crippen molar-refractivity contribution in [1.29, 1.82) is 0 Å². The van der Waals surface area contributed by atoms with Gasteiger partial charge in [0.05, 0.1) is 0 Å². The number of amides is 1. The molecule has 1 fully saturated rings. The van der Waals surface area contributed by atoms with Gasteiger partial charge in [-0.3, -0.25) is 0 Å². The fourth-order valence-corrected chi connectivity index (χ4v) is 2.02. The minimum atomic E-state index is -0.657. The van der Waals surface area contributed by atoms with Crippen molar-refractivity contribution < 1.29 is 19.1 Å². The lowest BCUT2D eigenvalue weighted by atomic mass is 10.1. The molecule has 0 aromatic heterocycles. The number of nitrogens with one attached hydrogen (secondary N) is 1. The molecule has 1 aromatic rings. The fraction of sp³-hybridized carbons (Fsp3) is 0.467. The number of carbonyl (C=O) groups excluding carboxylic acids is 2. The Morgan fingerprint density at radius 3 is 2.55 bits per heavy atom. The van der Waals surface area contributed by atoms with E-state index in [1.54, 1.807) is 20.8 Å². The Morgan fingerprint density at radius 1 is 1.30 bits per heavy atom. The highest BCUT2D eigenvalue weighted by molar-refractivity contribution is 5.83. The largest absolute Gasteiger partial charge is 0.456 e. The third kappa shape index (κ3) is 3.73. The van der Waals surface area contributed by atoms with Gasteiger partial charge in [-0.1, -0.05) is 30.3 Å². The predicted octanol–water partition coefficient (Wildman–Crippen LogP) is 2.57. The molecule has 0 spiro atoms. The highest BCUT2D eigenvalue weighted by atomic mass is 16.6. The molecule has 0 aliphatic carbocycles. The molecule has 0 radical (unpaired) electrons. The van der Waals surface area contributed by atoms with Crippen LogP contribution in [0, 0.1) is 0 Å². The maximum Gasteiger partial charge on any atom is 0.408 e. The highest BCUT2D eigenvalue weighted by Gasteiger charge is 2.37. The second-order valence-corrected chi connectivity index (χ2v) is 5.77. The van der Waals surface area contributed by atoms with E-state index in [2.05, 4.69) is 5.32 Å². The first kappa shape index (κ1) is 14.4. The molecule has 5 nitrogen and oxygen atoms in total. The van der Waals surface area contributed by atoms with Gasteiger partial charge in [-0.2, -0.15) is 0 Å². The molecule has 20 heavy (non-hydrogen) atoms. The summed E-state index contributed by atoms with van der Waals surface area (Å²) in [6.45, 7) is 5.31. The van der Waals surface area contributed by atoms with E-state index in [1.165, 1.54) is 0 Å². The Bertz CT molecular complexity index is 492. The summed E-state index contributed by atoms with van der Waals surface area (Å²) < 4.78 is 10.4. The second kappa shape index (κ2) is 5.53. The van der Waals surface area contributed by atoms with Gasteiger partial charge in [-0.15, -0.1) is 0 Å².